The van der Waals surface area contributed by atoms with E-state index in [9.17, 15) is 5.11 Å². The Morgan fingerprint density at radius 3 is 2.64 bits per heavy atom. The molecule has 0 aliphatic carbocycles. The van der Waals surface area contributed by atoms with E-state index in [1.54, 1.807) is 18.5 Å². The van der Waals surface area contributed by atoms with Gasteiger partial charge in [-0.15, -0.1) is 0 Å². The van der Waals surface area contributed by atoms with Crippen LogP contribution in [0.15, 0.2) is 67.0 Å². The first-order chi connectivity index (χ1) is 12.2. The zero-order valence-corrected chi connectivity index (χ0v) is 13.6. The summed E-state index contributed by atoms with van der Waals surface area (Å²) in [6.45, 7) is 1.93. The maximum absolute atomic E-state index is 10.2. The molecular weight excluding hydrogens is 312 g/mol. The van der Waals surface area contributed by atoms with Crippen molar-refractivity contribution >= 4 is 22.4 Å². The molecule has 2 N–H and O–H groups in total. The standard InChI is InChI=1S/C20H16N4O/c1-13-8-9-17(18(25)11-13)23-20-15-6-2-3-7-16(15)22-19(24-20)14-5-4-10-21-12-14/h2-12,25H,1H3,(H,22,23,24). The van der Waals surface area contributed by atoms with Gasteiger partial charge in [-0.05, 0) is 48.9 Å². The van der Waals surface area contributed by atoms with Crippen LogP contribution in [0.3, 0.4) is 0 Å². The maximum atomic E-state index is 10.2. The molecule has 5 heteroatoms. The highest BCUT2D eigenvalue weighted by Gasteiger charge is 2.11. The molecule has 0 spiro atoms. The Morgan fingerprint density at radius 1 is 0.960 bits per heavy atom. The lowest BCUT2D eigenvalue weighted by Crippen LogP contribution is -2.00. The number of hydrogen-bond acceptors (Lipinski definition) is 5. The average Bonchev–Trinajstić information content (AvgIpc) is 2.64. The summed E-state index contributed by atoms with van der Waals surface area (Å²) in [4.78, 5) is 13.4. The van der Waals surface area contributed by atoms with Gasteiger partial charge in [0, 0.05) is 23.3 Å². The predicted octanol–water partition coefficient (Wildman–Crippen LogP) is 4.45. The summed E-state index contributed by atoms with van der Waals surface area (Å²) in [5.74, 6) is 1.41. The van der Waals surface area contributed by atoms with Gasteiger partial charge >= 0.3 is 0 Å². The lowest BCUT2D eigenvalue weighted by molar-refractivity contribution is 0.477. The second-order valence-corrected chi connectivity index (χ2v) is 5.80. The second-order valence-electron chi connectivity index (χ2n) is 5.80. The van der Waals surface area contributed by atoms with Crippen LogP contribution in [-0.2, 0) is 0 Å². The van der Waals surface area contributed by atoms with E-state index < -0.39 is 0 Å². The first-order valence-electron chi connectivity index (χ1n) is 7.94. The Bertz CT molecular complexity index is 1050. The highest BCUT2D eigenvalue weighted by molar-refractivity contribution is 5.92. The summed E-state index contributed by atoms with van der Waals surface area (Å²) in [6, 6.07) is 17.0. The molecule has 0 unspecified atom stereocenters. The first kappa shape index (κ1) is 15.1. The molecule has 0 fully saturated rings. The summed E-state index contributed by atoms with van der Waals surface area (Å²) in [5.41, 5.74) is 3.26. The van der Waals surface area contributed by atoms with Crippen molar-refractivity contribution in [3.05, 3.63) is 72.6 Å². The normalized spacial score (nSPS) is 10.8. The Labute approximate surface area is 145 Å². The average molecular weight is 328 g/mol. The zero-order valence-electron chi connectivity index (χ0n) is 13.6. The van der Waals surface area contributed by atoms with Crippen LogP contribution in [-0.4, -0.2) is 20.1 Å². The van der Waals surface area contributed by atoms with Gasteiger partial charge in [-0.3, -0.25) is 4.98 Å². The van der Waals surface area contributed by atoms with Crippen molar-refractivity contribution in [2.75, 3.05) is 5.32 Å². The Hall–Kier alpha value is -3.47. The number of pyridine rings is 1. The Kier molecular flexibility index (Phi) is 3.74. The fourth-order valence-electron chi connectivity index (χ4n) is 2.67. The van der Waals surface area contributed by atoms with Crippen molar-refractivity contribution in [1.82, 2.24) is 15.0 Å². The van der Waals surface area contributed by atoms with Crippen molar-refractivity contribution in [1.29, 1.82) is 0 Å². The lowest BCUT2D eigenvalue weighted by Gasteiger charge is -2.12. The Morgan fingerprint density at radius 2 is 1.84 bits per heavy atom. The number of phenolic OH excluding ortho intramolecular Hbond substituents is 1. The molecule has 2 heterocycles. The number of anilines is 2. The SMILES string of the molecule is Cc1ccc(Nc2nc(-c3cccnc3)nc3ccccc23)c(O)c1. The summed E-state index contributed by atoms with van der Waals surface area (Å²) >= 11 is 0. The van der Waals surface area contributed by atoms with Gasteiger partial charge in [0.15, 0.2) is 5.82 Å². The summed E-state index contributed by atoms with van der Waals surface area (Å²) in [7, 11) is 0. The third kappa shape index (κ3) is 2.99. The number of nitrogens with zero attached hydrogens (tertiary/aromatic N) is 3. The van der Waals surface area contributed by atoms with Crippen molar-refractivity contribution in [3.8, 4) is 17.1 Å². The van der Waals surface area contributed by atoms with Gasteiger partial charge in [0.1, 0.15) is 11.6 Å². The van der Waals surface area contributed by atoms with Gasteiger partial charge in [0.2, 0.25) is 0 Å². The van der Waals surface area contributed by atoms with Gasteiger partial charge in [0.25, 0.3) is 0 Å². The number of benzene rings is 2. The number of para-hydroxylation sites is 1. The minimum absolute atomic E-state index is 0.186. The molecular formula is C20H16N4O. The number of fused-ring (bicyclic) bond motifs is 1. The molecule has 122 valence electrons. The van der Waals surface area contributed by atoms with E-state index in [4.69, 9.17) is 0 Å². The van der Waals surface area contributed by atoms with Crippen molar-refractivity contribution in [2.45, 2.75) is 6.92 Å². The van der Waals surface area contributed by atoms with Crippen LogP contribution in [0.25, 0.3) is 22.3 Å². The molecule has 0 atom stereocenters. The third-order valence-electron chi connectivity index (χ3n) is 3.93. The molecule has 4 rings (SSSR count). The Balaban J connectivity index is 1.86. The van der Waals surface area contributed by atoms with Gasteiger partial charge in [-0.1, -0.05) is 18.2 Å². The van der Waals surface area contributed by atoms with Crippen molar-refractivity contribution in [2.24, 2.45) is 0 Å². The molecule has 0 saturated carbocycles. The van der Waals surface area contributed by atoms with E-state index >= 15 is 0 Å². The third-order valence-corrected chi connectivity index (χ3v) is 3.93. The highest BCUT2D eigenvalue weighted by atomic mass is 16.3. The van der Waals surface area contributed by atoms with Gasteiger partial charge in [-0.25, -0.2) is 9.97 Å². The molecule has 0 amide bonds. The van der Waals surface area contributed by atoms with Gasteiger partial charge < -0.3 is 10.4 Å². The molecule has 0 aliphatic heterocycles. The molecule has 25 heavy (non-hydrogen) atoms. The fourth-order valence-corrected chi connectivity index (χ4v) is 2.67. The zero-order chi connectivity index (χ0) is 17.2. The second kappa shape index (κ2) is 6.20. The maximum Gasteiger partial charge on any atom is 0.163 e. The van der Waals surface area contributed by atoms with Crippen LogP contribution in [0.5, 0.6) is 5.75 Å². The number of aromatic nitrogens is 3. The van der Waals surface area contributed by atoms with Crippen LogP contribution in [0, 0.1) is 6.92 Å². The molecule has 5 nitrogen and oxygen atoms in total. The lowest BCUT2D eigenvalue weighted by atomic mass is 10.2. The summed E-state index contributed by atoms with van der Waals surface area (Å²) < 4.78 is 0. The van der Waals surface area contributed by atoms with E-state index in [1.165, 1.54) is 0 Å². The number of aromatic hydroxyl groups is 1. The highest BCUT2D eigenvalue weighted by Crippen LogP contribution is 2.31. The number of nitrogens with one attached hydrogen (secondary N) is 1. The van der Waals surface area contributed by atoms with Crippen molar-refractivity contribution < 1.29 is 5.11 Å². The largest absolute Gasteiger partial charge is 0.506 e. The monoisotopic (exact) mass is 328 g/mol. The van der Waals surface area contributed by atoms with E-state index in [0.29, 0.717) is 17.3 Å². The quantitative estimate of drug-likeness (QED) is 0.544. The van der Waals surface area contributed by atoms with Crippen molar-refractivity contribution in [3.63, 3.8) is 0 Å². The van der Waals surface area contributed by atoms with Crippen LogP contribution in [0.4, 0.5) is 11.5 Å². The topological polar surface area (TPSA) is 70.9 Å². The van der Waals surface area contributed by atoms with Gasteiger partial charge in [-0.2, -0.15) is 0 Å². The van der Waals surface area contributed by atoms with E-state index in [1.807, 2.05) is 55.5 Å². The molecule has 2 aromatic heterocycles. The summed E-state index contributed by atoms with van der Waals surface area (Å²) in [6.07, 6.45) is 3.45. The number of phenols is 1. The molecule has 0 radical (unpaired) electrons. The van der Waals surface area contributed by atoms with Crippen LogP contribution < -0.4 is 5.32 Å². The number of hydrogen-bond donors (Lipinski definition) is 2. The van der Waals surface area contributed by atoms with Crippen LogP contribution in [0.1, 0.15) is 5.56 Å². The fraction of sp³-hybridized carbons (Fsp3) is 0.0500. The molecule has 4 aromatic rings. The molecule has 0 aliphatic rings. The number of rotatable bonds is 3. The molecule has 0 bridgehead atoms. The minimum Gasteiger partial charge on any atom is -0.506 e. The first-order valence-corrected chi connectivity index (χ1v) is 7.94. The van der Waals surface area contributed by atoms with Gasteiger partial charge in [0.05, 0.1) is 11.2 Å². The minimum atomic E-state index is 0.186. The van der Waals surface area contributed by atoms with E-state index in [-0.39, 0.29) is 5.75 Å². The van der Waals surface area contributed by atoms with Crippen LogP contribution in [0.2, 0.25) is 0 Å². The van der Waals surface area contributed by atoms with Crippen LogP contribution >= 0.6 is 0 Å². The van der Waals surface area contributed by atoms with E-state index in [2.05, 4.69) is 20.3 Å². The molecule has 0 saturated heterocycles. The predicted molar refractivity (Wildman–Crippen MR) is 98.9 cm³/mol. The number of aryl methyl sites for hydroxylation is 1. The van der Waals surface area contributed by atoms with E-state index in [0.717, 1.165) is 22.0 Å². The smallest absolute Gasteiger partial charge is 0.163 e. The molecule has 2 aromatic carbocycles. The summed E-state index contributed by atoms with van der Waals surface area (Å²) in [5, 5.41) is 14.3.